The molecule has 0 aliphatic rings. The minimum Gasteiger partial charge on any atom is -0.396 e. The van der Waals surface area contributed by atoms with Crippen LogP contribution in [-0.2, 0) is 4.79 Å². The molecule has 118 valence electrons. The third kappa shape index (κ3) is 8.79. The van der Waals surface area contributed by atoms with Crippen molar-refractivity contribution in [1.29, 1.82) is 0 Å². The van der Waals surface area contributed by atoms with Gasteiger partial charge in [0.05, 0.1) is 0 Å². The van der Waals surface area contributed by atoms with Gasteiger partial charge in [0, 0.05) is 24.5 Å². The van der Waals surface area contributed by atoms with E-state index in [0.29, 0.717) is 18.9 Å². The largest absolute Gasteiger partial charge is 0.396 e. The Morgan fingerprint density at radius 1 is 1.29 bits per heavy atom. The summed E-state index contributed by atoms with van der Waals surface area (Å²) in [4.78, 5) is 13.0. The molecule has 2 N–H and O–H groups in total. The van der Waals surface area contributed by atoms with Gasteiger partial charge in [-0.3, -0.25) is 4.79 Å². The molecule has 1 atom stereocenters. The molecule has 0 aliphatic heterocycles. The number of aliphatic hydroxyl groups excluding tert-OH is 1. The topological polar surface area (TPSA) is 49.3 Å². The fourth-order valence-electron chi connectivity index (χ4n) is 2.23. The van der Waals surface area contributed by atoms with Crippen LogP contribution in [0.2, 0.25) is 0 Å². The number of carbonyl (C=O) groups is 1. The van der Waals surface area contributed by atoms with Crippen molar-refractivity contribution < 1.29 is 9.90 Å². The second-order valence-corrected chi connectivity index (χ2v) is 6.40. The van der Waals surface area contributed by atoms with Gasteiger partial charge in [-0.2, -0.15) is 0 Å². The van der Waals surface area contributed by atoms with E-state index in [1.807, 2.05) is 18.2 Å². The van der Waals surface area contributed by atoms with Crippen LogP contribution in [0.1, 0.15) is 39.0 Å². The van der Waals surface area contributed by atoms with Crippen molar-refractivity contribution in [3.05, 3.63) is 30.3 Å². The Hall–Kier alpha value is -1.00. The maximum absolute atomic E-state index is 11.8. The van der Waals surface area contributed by atoms with Gasteiger partial charge in [-0.05, 0) is 43.1 Å². The number of carbonyl (C=O) groups excluding carboxylic acids is 1. The van der Waals surface area contributed by atoms with Crippen LogP contribution in [0.15, 0.2) is 35.2 Å². The van der Waals surface area contributed by atoms with Crippen LogP contribution in [0.4, 0.5) is 0 Å². The molecule has 0 saturated carbocycles. The number of hydrogen-bond acceptors (Lipinski definition) is 3. The van der Waals surface area contributed by atoms with Gasteiger partial charge in [-0.15, -0.1) is 11.8 Å². The molecule has 0 spiro atoms. The van der Waals surface area contributed by atoms with Gasteiger partial charge in [0.1, 0.15) is 0 Å². The van der Waals surface area contributed by atoms with Crippen molar-refractivity contribution in [2.45, 2.75) is 43.9 Å². The Bertz CT molecular complexity index is 378. The first-order valence-corrected chi connectivity index (χ1v) is 8.80. The lowest BCUT2D eigenvalue weighted by molar-refractivity contribution is -0.121. The van der Waals surface area contributed by atoms with Crippen molar-refractivity contribution in [1.82, 2.24) is 5.32 Å². The van der Waals surface area contributed by atoms with E-state index in [1.54, 1.807) is 11.8 Å². The predicted molar refractivity (Wildman–Crippen MR) is 89.5 cm³/mol. The van der Waals surface area contributed by atoms with Gasteiger partial charge in [-0.25, -0.2) is 0 Å². The minimum absolute atomic E-state index is 0.128. The SMILES string of the molecule is CCCC(CCO)CNC(=O)CCCSc1ccccc1. The number of aliphatic hydroxyl groups is 1. The van der Waals surface area contributed by atoms with Gasteiger partial charge in [0.15, 0.2) is 0 Å². The summed E-state index contributed by atoms with van der Waals surface area (Å²) in [5.41, 5.74) is 0. The van der Waals surface area contributed by atoms with E-state index < -0.39 is 0 Å². The highest BCUT2D eigenvalue weighted by Crippen LogP contribution is 2.18. The zero-order valence-corrected chi connectivity index (χ0v) is 13.7. The zero-order chi connectivity index (χ0) is 15.3. The van der Waals surface area contributed by atoms with Gasteiger partial charge in [0.25, 0.3) is 0 Å². The summed E-state index contributed by atoms with van der Waals surface area (Å²) in [5, 5.41) is 12.0. The summed E-state index contributed by atoms with van der Waals surface area (Å²) in [6.07, 6.45) is 4.40. The Morgan fingerprint density at radius 3 is 2.71 bits per heavy atom. The van der Waals surface area contributed by atoms with Crippen molar-refractivity contribution >= 4 is 17.7 Å². The summed E-state index contributed by atoms with van der Waals surface area (Å²) >= 11 is 1.79. The summed E-state index contributed by atoms with van der Waals surface area (Å²) < 4.78 is 0. The lowest BCUT2D eigenvalue weighted by Gasteiger charge is -2.15. The molecule has 0 aromatic heterocycles. The molecule has 4 heteroatoms. The number of thioether (sulfide) groups is 1. The molecule has 3 nitrogen and oxygen atoms in total. The number of nitrogens with one attached hydrogen (secondary N) is 1. The van der Waals surface area contributed by atoms with E-state index in [0.717, 1.165) is 31.4 Å². The third-order valence-corrected chi connectivity index (χ3v) is 4.48. The second kappa shape index (κ2) is 11.6. The molecular weight excluding hydrogens is 282 g/mol. The van der Waals surface area contributed by atoms with Crippen molar-refractivity contribution in [2.24, 2.45) is 5.92 Å². The molecule has 0 heterocycles. The third-order valence-electron chi connectivity index (χ3n) is 3.38. The lowest BCUT2D eigenvalue weighted by Crippen LogP contribution is -2.29. The lowest BCUT2D eigenvalue weighted by atomic mass is 10.0. The smallest absolute Gasteiger partial charge is 0.220 e. The standard InChI is InChI=1S/C17H27NO2S/c1-2-7-15(11-12-19)14-18-17(20)10-6-13-21-16-8-4-3-5-9-16/h3-5,8-9,15,19H,2,6-7,10-14H2,1H3,(H,18,20). The molecule has 1 unspecified atom stereocenters. The first-order valence-electron chi connectivity index (χ1n) is 7.81. The van der Waals surface area contributed by atoms with E-state index in [1.165, 1.54) is 4.90 Å². The van der Waals surface area contributed by atoms with E-state index in [-0.39, 0.29) is 12.5 Å². The highest BCUT2D eigenvalue weighted by Gasteiger charge is 2.09. The maximum Gasteiger partial charge on any atom is 0.220 e. The molecule has 0 radical (unpaired) electrons. The van der Waals surface area contributed by atoms with Gasteiger partial charge in [-0.1, -0.05) is 31.5 Å². The fourth-order valence-corrected chi connectivity index (χ4v) is 3.10. The maximum atomic E-state index is 11.8. The van der Waals surface area contributed by atoms with Crippen LogP contribution in [0.3, 0.4) is 0 Å². The summed E-state index contributed by atoms with van der Waals surface area (Å²) in [6, 6.07) is 10.3. The van der Waals surface area contributed by atoms with Crippen LogP contribution in [-0.4, -0.2) is 29.9 Å². The van der Waals surface area contributed by atoms with Crippen LogP contribution in [0.25, 0.3) is 0 Å². The molecule has 0 fully saturated rings. The molecule has 0 aliphatic carbocycles. The molecule has 1 rings (SSSR count). The Morgan fingerprint density at radius 2 is 2.05 bits per heavy atom. The zero-order valence-electron chi connectivity index (χ0n) is 12.9. The van der Waals surface area contributed by atoms with Gasteiger partial charge in [0.2, 0.25) is 5.91 Å². The van der Waals surface area contributed by atoms with Crippen LogP contribution in [0.5, 0.6) is 0 Å². The van der Waals surface area contributed by atoms with Crippen LogP contribution >= 0.6 is 11.8 Å². The van der Waals surface area contributed by atoms with Crippen LogP contribution in [0, 0.1) is 5.92 Å². The van der Waals surface area contributed by atoms with E-state index in [2.05, 4.69) is 24.4 Å². The minimum atomic E-state index is 0.128. The highest BCUT2D eigenvalue weighted by molar-refractivity contribution is 7.99. The Labute approximate surface area is 132 Å². The first kappa shape index (κ1) is 18.1. The van der Waals surface area contributed by atoms with Gasteiger partial charge >= 0.3 is 0 Å². The normalized spacial score (nSPS) is 12.1. The van der Waals surface area contributed by atoms with Gasteiger partial charge < -0.3 is 10.4 Å². The molecule has 1 aromatic carbocycles. The predicted octanol–water partition coefficient (Wildman–Crippen LogP) is 3.47. The van der Waals surface area contributed by atoms with Crippen LogP contribution < -0.4 is 5.32 Å². The first-order chi connectivity index (χ1) is 10.3. The Balaban J connectivity index is 2.10. The average Bonchev–Trinajstić information content (AvgIpc) is 2.51. The summed E-state index contributed by atoms with van der Waals surface area (Å²) in [7, 11) is 0. The molecule has 1 amide bonds. The monoisotopic (exact) mass is 309 g/mol. The van der Waals surface area contributed by atoms with E-state index in [4.69, 9.17) is 5.11 Å². The van der Waals surface area contributed by atoms with E-state index >= 15 is 0 Å². The molecular formula is C17H27NO2S. The fraction of sp³-hybridized carbons (Fsp3) is 0.588. The number of benzene rings is 1. The molecule has 21 heavy (non-hydrogen) atoms. The number of hydrogen-bond donors (Lipinski definition) is 2. The summed E-state index contributed by atoms with van der Waals surface area (Å²) in [6.45, 7) is 3.03. The quantitative estimate of drug-likeness (QED) is 0.486. The van der Waals surface area contributed by atoms with E-state index in [9.17, 15) is 4.79 Å². The molecule has 1 aromatic rings. The summed E-state index contributed by atoms with van der Waals surface area (Å²) in [5.74, 6) is 1.50. The number of amides is 1. The average molecular weight is 309 g/mol. The Kier molecular flexibility index (Phi) is 10.0. The number of rotatable bonds is 11. The van der Waals surface area contributed by atoms with Crippen molar-refractivity contribution in [3.63, 3.8) is 0 Å². The van der Waals surface area contributed by atoms with Crippen molar-refractivity contribution in [3.8, 4) is 0 Å². The molecule has 0 saturated heterocycles. The molecule has 0 bridgehead atoms. The second-order valence-electron chi connectivity index (χ2n) is 5.24. The highest BCUT2D eigenvalue weighted by atomic mass is 32.2. The van der Waals surface area contributed by atoms with Crippen molar-refractivity contribution in [2.75, 3.05) is 18.9 Å².